The number of piperidine rings is 1. The molecule has 3 aliphatic rings. The summed E-state index contributed by atoms with van der Waals surface area (Å²) in [5.74, 6) is 2.42. The number of ether oxygens (including phenoxy) is 2. The van der Waals surface area contributed by atoms with E-state index in [2.05, 4.69) is 15.3 Å². The molecule has 2 aromatic rings. The van der Waals surface area contributed by atoms with Crippen LogP contribution in [0.5, 0.6) is 11.5 Å². The standard InChI is InChI=1S/C24H32N4O3/c1-30-19-8-9-22-20(13-19)24-18(16-31-22)14-26-28(24)15-23(29)25-10-12-27-11-4-6-17-5-2-3-7-21(17)27/h8-9,13-14,17,21H,2-7,10-12,15-16H2,1H3,(H,25,29). The molecule has 3 heterocycles. The Morgan fingerprint density at radius 1 is 1.26 bits per heavy atom. The Kier molecular flexibility index (Phi) is 5.85. The lowest BCUT2D eigenvalue weighted by Crippen LogP contribution is -2.49. The third-order valence-electron chi connectivity index (χ3n) is 7.11. The van der Waals surface area contributed by atoms with Gasteiger partial charge in [-0.3, -0.25) is 14.4 Å². The number of carbonyl (C=O) groups excluding carboxylic acids is 1. The van der Waals surface area contributed by atoms with Gasteiger partial charge < -0.3 is 14.8 Å². The number of hydrogen-bond donors (Lipinski definition) is 1. The topological polar surface area (TPSA) is 68.6 Å². The first kappa shape index (κ1) is 20.4. The van der Waals surface area contributed by atoms with Gasteiger partial charge in [-0.25, -0.2) is 0 Å². The number of amides is 1. The van der Waals surface area contributed by atoms with Crippen LogP contribution in [0.15, 0.2) is 24.4 Å². The van der Waals surface area contributed by atoms with E-state index in [9.17, 15) is 4.79 Å². The summed E-state index contributed by atoms with van der Waals surface area (Å²) in [4.78, 5) is 15.3. The summed E-state index contributed by atoms with van der Waals surface area (Å²) >= 11 is 0. The molecule has 7 nitrogen and oxygen atoms in total. The van der Waals surface area contributed by atoms with Gasteiger partial charge >= 0.3 is 0 Å². The van der Waals surface area contributed by atoms with Crippen molar-refractivity contribution in [3.8, 4) is 22.8 Å². The SMILES string of the molecule is COc1ccc2c(c1)-c1c(cnn1CC(=O)NCCN1CCCC3CCCCC31)CO2. The molecule has 166 valence electrons. The smallest absolute Gasteiger partial charge is 0.241 e. The number of benzene rings is 1. The van der Waals surface area contributed by atoms with Crippen molar-refractivity contribution in [3.63, 3.8) is 0 Å². The van der Waals surface area contributed by atoms with Crippen LogP contribution in [-0.4, -0.2) is 53.4 Å². The maximum Gasteiger partial charge on any atom is 0.241 e. The highest BCUT2D eigenvalue weighted by molar-refractivity contribution is 5.78. The van der Waals surface area contributed by atoms with E-state index in [0.29, 0.717) is 13.2 Å². The molecule has 1 aromatic heterocycles. The van der Waals surface area contributed by atoms with E-state index in [1.54, 1.807) is 18.0 Å². The fourth-order valence-electron chi connectivity index (χ4n) is 5.60. The molecule has 5 rings (SSSR count). The molecule has 1 saturated carbocycles. The molecule has 1 aromatic carbocycles. The van der Waals surface area contributed by atoms with Gasteiger partial charge in [0, 0.05) is 30.3 Å². The van der Waals surface area contributed by atoms with Crippen LogP contribution in [0, 0.1) is 5.92 Å². The summed E-state index contributed by atoms with van der Waals surface area (Å²) in [6.07, 6.45) is 9.91. The van der Waals surface area contributed by atoms with Gasteiger partial charge in [0.2, 0.25) is 5.91 Å². The van der Waals surface area contributed by atoms with Crippen molar-refractivity contribution >= 4 is 5.91 Å². The van der Waals surface area contributed by atoms with Crippen LogP contribution in [0.3, 0.4) is 0 Å². The molecule has 0 radical (unpaired) electrons. The molecule has 0 bridgehead atoms. The Morgan fingerprint density at radius 2 is 2.13 bits per heavy atom. The Bertz CT molecular complexity index is 939. The number of carbonyl (C=O) groups is 1. The van der Waals surface area contributed by atoms with Crippen LogP contribution in [0.4, 0.5) is 0 Å². The van der Waals surface area contributed by atoms with Gasteiger partial charge in [-0.1, -0.05) is 12.8 Å². The van der Waals surface area contributed by atoms with Crippen molar-refractivity contribution in [3.05, 3.63) is 30.0 Å². The normalized spacial score (nSPS) is 22.6. The van der Waals surface area contributed by atoms with Crippen molar-refractivity contribution in [1.29, 1.82) is 0 Å². The maximum absolute atomic E-state index is 12.7. The summed E-state index contributed by atoms with van der Waals surface area (Å²) in [6.45, 7) is 3.48. The first-order chi connectivity index (χ1) is 15.2. The number of hydrogen-bond acceptors (Lipinski definition) is 5. The highest BCUT2D eigenvalue weighted by Gasteiger charge is 2.32. The molecule has 1 aliphatic carbocycles. The van der Waals surface area contributed by atoms with Gasteiger partial charge in [0.25, 0.3) is 0 Å². The van der Waals surface area contributed by atoms with Crippen LogP contribution < -0.4 is 14.8 Å². The maximum atomic E-state index is 12.7. The molecule has 2 unspecified atom stereocenters. The largest absolute Gasteiger partial charge is 0.497 e. The summed E-state index contributed by atoms with van der Waals surface area (Å²) in [6, 6.07) is 6.46. The number of fused-ring (bicyclic) bond motifs is 4. The Balaban J connectivity index is 1.21. The second-order valence-electron chi connectivity index (χ2n) is 8.97. The van der Waals surface area contributed by atoms with Crippen LogP contribution >= 0.6 is 0 Å². The number of aromatic nitrogens is 2. The van der Waals surface area contributed by atoms with Crippen LogP contribution in [0.25, 0.3) is 11.3 Å². The molecule has 0 spiro atoms. The third kappa shape index (κ3) is 4.15. The fourth-order valence-corrected chi connectivity index (χ4v) is 5.60. The van der Waals surface area contributed by atoms with Crippen LogP contribution in [0.1, 0.15) is 44.1 Å². The van der Waals surface area contributed by atoms with Crippen molar-refractivity contribution in [2.45, 2.75) is 57.7 Å². The first-order valence-electron chi connectivity index (χ1n) is 11.6. The molecule has 2 atom stereocenters. The lowest BCUT2D eigenvalue weighted by atomic mass is 9.78. The second kappa shape index (κ2) is 8.91. The minimum Gasteiger partial charge on any atom is -0.497 e. The Morgan fingerprint density at radius 3 is 3.03 bits per heavy atom. The third-order valence-corrected chi connectivity index (χ3v) is 7.11. The number of methoxy groups -OCH3 is 1. The first-order valence-corrected chi connectivity index (χ1v) is 11.6. The predicted molar refractivity (Wildman–Crippen MR) is 118 cm³/mol. The van der Waals surface area contributed by atoms with Gasteiger partial charge in [0.05, 0.1) is 19.0 Å². The van der Waals surface area contributed by atoms with E-state index in [-0.39, 0.29) is 12.5 Å². The van der Waals surface area contributed by atoms with Crippen LogP contribution in [0.2, 0.25) is 0 Å². The van der Waals surface area contributed by atoms with E-state index < -0.39 is 0 Å². The van der Waals surface area contributed by atoms with Gasteiger partial charge in [0.1, 0.15) is 24.7 Å². The average molecular weight is 425 g/mol. The summed E-state index contributed by atoms with van der Waals surface area (Å²) < 4.78 is 13.0. The minimum atomic E-state index is -0.000887. The van der Waals surface area contributed by atoms with E-state index in [4.69, 9.17) is 9.47 Å². The van der Waals surface area contributed by atoms with E-state index in [0.717, 1.165) is 46.8 Å². The zero-order valence-corrected chi connectivity index (χ0v) is 18.3. The molecular formula is C24H32N4O3. The van der Waals surface area contributed by atoms with Crippen molar-refractivity contribution in [2.24, 2.45) is 5.92 Å². The highest BCUT2D eigenvalue weighted by atomic mass is 16.5. The summed E-state index contributed by atoms with van der Waals surface area (Å²) in [7, 11) is 1.65. The predicted octanol–water partition coefficient (Wildman–Crippen LogP) is 3.22. The molecule has 31 heavy (non-hydrogen) atoms. The van der Waals surface area contributed by atoms with E-state index in [1.165, 1.54) is 45.1 Å². The quantitative estimate of drug-likeness (QED) is 0.771. The minimum absolute atomic E-state index is 0.000887. The number of rotatable bonds is 6. The Labute approximate surface area is 183 Å². The molecule has 1 saturated heterocycles. The molecular weight excluding hydrogens is 392 g/mol. The Hall–Kier alpha value is -2.54. The number of nitrogens with one attached hydrogen (secondary N) is 1. The van der Waals surface area contributed by atoms with Crippen molar-refractivity contribution in [1.82, 2.24) is 20.0 Å². The zero-order chi connectivity index (χ0) is 21.2. The van der Waals surface area contributed by atoms with Gasteiger partial charge in [-0.2, -0.15) is 5.10 Å². The molecule has 2 aliphatic heterocycles. The molecule has 7 heteroatoms. The summed E-state index contributed by atoms with van der Waals surface area (Å²) in [5.41, 5.74) is 2.85. The monoisotopic (exact) mass is 424 g/mol. The lowest BCUT2D eigenvalue weighted by Gasteiger charge is -2.44. The lowest BCUT2D eigenvalue weighted by molar-refractivity contribution is -0.121. The molecule has 1 amide bonds. The molecule has 1 N–H and O–H groups in total. The zero-order valence-electron chi connectivity index (χ0n) is 18.3. The fraction of sp³-hybridized carbons (Fsp3) is 0.583. The van der Waals surface area contributed by atoms with Gasteiger partial charge in [0.15, 0.2) is 0 Å². The molecule has 2 fully saturated rings. The van der Waals surface area contributed by atoms with Crippen molar-refractivity contribution < 1.29 is 14.3 Å². The second-order valence-corrected chi connectivity index (χ2v) is 8.97. The van der Waals surface area contributed by atoms with E-state index >= 15 is 0 Å². The summed E-state index contributed by atoms with van der Waals surface area (Å²) in [5, 5.41) is 7.59. The van der Waals surface area contributed by atoms with Crippen LogP contribution in [-0.2, 0) is 17.9 Å². The van der Waals surface area contributed by atoms with Gasteiger partial charge in [-0.15, -0.1) is 0 Å². The average Bonchev–Trinajstić information content (AvgIpc) is 3.22. The van der Waals surface area contributed by atoms with Crippen molar-refractivity contribution in [2.75, 3.05) is 26.7 Å². The van der Waals surface area contributed by atoms with Gasteiger partial charge in [-0.05, 0) is 56.3 Å². The number of likely N-dealkylation sites (tertiary alicyclic amines) is 1. The number of nitrogens with zero attached hydrogens (tertiary/aromatic N) is 3. The van der Waals surface area contributed by atoms with E-state index in [1.807, 2.05) is 18.2 Å². The highest BCUT2D eigenvalue weighted by Crippen LogP contribution is 2.39.